The van der Waals surface area contributed by atoms with Crippen LogP contribution < -0.4 is 5.32 Å². The minimum absolute atomic E-state index is 0.0609. The number of phenolic OH excluding ortho intramolecular Hbond substituents is 1. The van der Waals surface area contributed by atoms with Gasteiger partial charge in [0.25, 0.3) is 0 Å². The zero-order chi connectivity index (χ0) is 13.8. The van der Waals surface area contributed by atoms with Crippen molar-refractivity contribution in [3.05, 3.63) is 27.7 Å². The molecule has 0 amide bonds. The number of aliphatic hydroxyl groups is 1. The second-order valence-corrected chi connectivity index (χ2v) is 6.39. The highest BCUT2D eigenvalue weighted by atomic mass is 79.9. The molecule has 0 aliphatic heterocycles. The summed E-state index contributed by atoms with van der Waals surface area (Å²) >= 11 is 3.43. The maximum absolute atomic E-state index is 9.95. The van der Waals surface area contributed by atoms with E-state index in [9.17, 15) is 5.11 Å². The lowest BCUT2D eigenvalue weighted by atomic mass is 9.89. The molecule has 0 heterocycles. The van der Waals surface area contributed by atoms with Gasteiger partial charge in [0.1, 0.15) is 5.75 Å². The Bertz CT molecular complexity index is 405. The second-order valence-electron chi connectivity index (χ2n) is 5.47. The van der Waals surface area contributed by atoms with Gasteiger partial charge in [0, 0.05) is 29.7 Å². The molecule has 18 heavy (non-hydrogen) atoms. The molecular weight excluding hydrogens is 294 g/mol. The summed E-state index contributed by atoms with van der Waals surface area (Å²) in [5.41, 5.74) is 1.82. The van der Waals surface area contributed by atoms with Crippen LogP contribution in [0.4, 0.5) is 0 Å². The molecule has 0 aromatic heterocycles. The Kier molecular flexibility index (Phi) is 5.63. The molecule has 3 nitrogen and oxygen atoms in total. The molecule has 1 rings (SSSR count). The van der Waals surface area contributed by atoms with Gasteiger partial charge in [-0.2, -0.15) is 0 Å². The van der Waals surface area contributed by atoms with Crippen molar-refractivity contribution in [3.8, 4) is 5.75 Å². The quantitative estimate of drug-likeness (QED) is 0.756. The van der Waals surface area contributed by atoms with Crippen molar-refractivity contribution in [3.63, 3.8) is 0 Å². The number of hydrogen-bond donors (Lipinski definition) is 3. The summed E-state index contributed by atoms with van der Waals surface area (Å²) in [4.78, 5) is 0. The van der Waals surface area contributed by atoms with E-state index in [-0.39, 0.29) is 12.0 Å². The average Bonchev–Trinajstić information content (AvgIpc) is 2.24. The summed E-state index contributed by atoms with van der Waals surface area (Å²) in [6.07, 6.45) is 0.767. The summed E-state index contributed by atoms with van der Waals surface area (Å²) < 4.78 is 0.976. The van der Waals surface area contributed by atoms with Crippen LogP contribution in [0.15, 0.2) is 16.6 Å². The topological polar surface area (TPSA) is 52.5 Å². The van der Waals surface area contributed by atoms with E-state index >= 15 is 0 Å². The fraction of sp³-hybridized carbons (Fsp3) is 0.571. The number of aliphatic hydroxyl groups excluding tert-OH is 1. The summed E-state index contributed by atoms with van der Waals surface area (Å²) in [7, 11) is 0. The fourth-order valence-electron chi connectivity index (χ4n) is 1.87. The van der Waals surface area contributed by atoms with Gasteiger partial charge in [-0.1, -0.05) is 29.8 Å². The van der Waals surface area contributed by atoms with Gasteiger partial charge < -0.3 is 15.5 Å². The van der Waals surface area contributed by atoms with Crippen LogP contribution in [0.5, 0.6) is 5.75 Å². The van der Waals surface area contributed by atoms with Crippen molar-refractivity contribution >= 4 is 15.9 Å². The van der Waals surface area contributed by atoms with Crippen LogP contribution in [-0.4, -0.2) is 23.4 Å². The number of phenols is 1. The van der Waals surface area contributed by atoms with E-state index in [0.717, 1.165) is 28.6 Å². The molecule has 0 aliphatic rings. The predicted octanol–water partition coefficient (Wildman–Crippen LogP) is 2.96. The van der Waals surface area contributed by atoms with Gasteiger partial charge in [0.15, 0.2) is 0 Å². The number of nitrogens with one attached hydrogen (secondary N) is 1. The molecule has 0 unspecified atom stereocenters. The molecule has 1 aromatic carbocycles. The first-order chi connectivity index (χ1) is 8.35. The van der Waals surface area contributed by atoms with E-state index in [1.54, 1.807) is 0 Å². The van der Waals surface area contributed by atoms with E-state index in [1.807, 2.05) is 19.1 Å². The van der Waals surface area contributed by atoms with Crippen molar-refractivity contribution in [2.75, 3.05) is 13.2 Å². The van der Waals surface area contributed by atoms with Gasteiger partial charge in [-0.3, -0.25) is 0 Å². The van der Waals surface area contributed by atoms with Crippen LogP contribution in [0.2, 0.25) is 0 Å². The number of aromatic hydroxyl groups is 1. The van der Waals surface area contributed by atoms with E-state index in [2.05, 4.69) is 35.1 Å². The van der Waals surface area contributed by atoms with Gasteiger partial charge >= 0.3 is 0 Å². The monoisotopic (exact) mass is 315 g/mol. The maximum atomic E-state index is 9.95. The Morgan fingerprint density at radius 3 is 2.61 bits per heavy atom. The Morgan fingerprint density at radius 1 is 1.33 bits per heavy atom. The number of hydrogen-bond acceptors (Lipinski definition) is 3. The largest absolute Gasteiger partial charge is 0.507 e. The Hall–Kier alpha value is -0.580. The molecular formula is C14H22BrNO2. The van der Waals surface area contributed by atoms with Crippen LogP contribution in [0.1, 0.15) is 31.4 Å². The lowest BCUT2D eigenvalue weighted by Crippen LogP contribution is -2.29. The number of aryl methyl sites for hydroxylation is 1. The van der Waals surface area contributed by atoms with Crippen molar-refractivity contribution in [1.82, 2.24) is 5.32 Å². The highest BCUT2D eigenvalue weighted by Gasteiger charge is 2.16. The number of halogens is 1. The zero-order valence-corrected chi connectivity index (χ0v) is 12.8. The van der Waals surface area contributed by atoms with Gasteiger partial charge in [0.2, 0.25) is 0 Å². The molecule has 0 saturated carbocycles. The van der Waals surface area contributed by atoms with Crippen LogP contribution in [0.25, 0.3) is 0 Å². The fourth-order valence-corrected chi connectivity index (χ4v) is 2.49. The lowest BCUT2D eigenvalue weighted by molar-refractivity contribution is 0.207. The summed E-state index contributed by atoms with van der Waals surface area (Å²) in [5, 5.41) is 22.2. The molecule has 0 atom stereocenters. The minimum Gasteiger partial charge on any atom is -0.507 e. The van der Waals surface area contributed by atoms with Crippen molar-refractivity contribution in [2.45, 2.75) is 33.7 Å². The first kappa shape index (κ1) is 15.5. The summed E-state index contributed by atoms with van der Waals surface area (Å²) in [6, 6.07) is 3.82. The second kappa shape index (κ2) is 6.55. The van der Waals surface area contributed by atoms with Crippen molar-refractivity contribution in [1.29, 1.82) is 0 Å². The van der Waals surface area contributed by atoms with Gasteiger partial charge in [-0.25, -0.2) is 0 Å². The average molecular weight is 316 g/mol. The smallest absolute Gasteiger partial charge is 0.123 e. The van der Waals surface area contributed by atoms with E-state index in [4.69, 9.17) is 5.11 Å². The first-order valence-electron chi connectivity index (χ1n) is 6.15. The molecule has 0 aliphatic carbocycles. The van der Waals surface area contributed by atoms with Crippen LogP contribution in [0, 0.1) is 12.3 Å². The Balaban J connectivity index is 2.59. The highest BCUT2D eigenvalue weighted by Crippen LogP contribution is 2.27. The van der Waals surface area contributed by atoms with Gasteiger partial charge in [-0.15, -0.1) is 0 Å². The number of benzene rings is 1. The highest BCUT2D eigenvalue weighted by molar-refractivity contribution is 9.10. The third-order valence-electron chi connectivity index (χ3n) is 3.05. The standard InChI is InChI=1S/C14H22BrNO2/c1-10-6-12(15)7-11(13(10)18)8-16-9-14(2,3)4-5-17/h6-7,16-18H,4-5,8-9H2,1-3H3. The van der Waals surface area contributed by atoms with Crippen LogP contribution in [0.3, 0.4) is 0 Å². The third kappa shape index (κ3) is 4.59. The molecule has 3 N–H and O–H groups in total. The van der Waals surface area contributed by atoms with Crippen LogP contribution >= 0.6 is 15.9 Å². The normalized spacial score (nSPS) is 11.8. The van der Waals surface area contributed by atoms with Gasteiger partial charge in [-0.05, 0) is 36.5 Å². The SMILES string of the molecule is Cc1cc(Br)cc(CNCC(C)(C)CCO)c1O. The summed E-state index contributed by atoms with van der Waals surface area (Å²) in [5.74, 6) is 0.352. The summed E-state index contributed by atoms with van der Waals surface area (Å²) in [6.45, 7) is 7.75. The molecule has 0 bridgehead atoms. The zero-order valence-electron chi connectivity index (χ0n) is 11.3. The first-order valence-corrected chi connectivity index (χ1v) is 6.94. The molecule has 102 valence electrons. The van der Waals surface area contributed by atoms with Gasteiger partial charge in [0.05, 0.1) is 0 Å². The van der Waals surface area contributed by atoms with Crippen molar-refractivity contribution < 1.29 is 10.2 Å². The van der Waals surface area contributed by atoms with Crippen LogP contribution in [-0.2, 0) is 6.54 Å². The third-order valence-corrected chi connectivity index (χ3v) is 3.51. The predicted molar refractivity (Wildman–Crippen MR) is 77.7 cm³/mol. The molecule has 0 fully saturated rings. The Morgan fingerprint density at radius 2 is 2.00 bits per heavy atom. The molecule has 0 spiro atoms. The van der Waals surface area contributed by atoms with E-state index in [1.165, 1.54) is 0 Å². The van der Waals surface area contributed by atoms with E-state index < -0.39 is 0 Å². The molecule has 0 saturated heterocycles. The number of rotatable bonds is 6. The molecule has 1 aromatic rings. The minimum atomic E-state index is 0.0609. The Labute approximate surface area is 117 Å². The maximum Gasteiger partial charge on any atom is 0.123 e. The van der Waals surface area contributed by atoms with E-state index in [0.29, 0.717) is 12.3 Å². The van der Waals surface area contributed by atoms with Crippen molar-refractivity contribution in [2.24, 2.45) is 5.41 Å². The molecule has 4 heteroatoms. The molecule has 0 radical (unpaired) electrons. The lowest BCUT2D eigenvalue weighted by Gasteiger charge is -2.24.